The molecule has 108 valence electrons. The zero-order valence-electron chi connectivity index (χ0n) is 12.1. The van der Waals surface area contributed by atoms with Crippen LogP contribution < -0.4 is 11.1 Å². The van der Waals surface area contributed by atoms with E-state index in [1.165, 1.54) is 0 Å². The summed E-state index contributed by atoms with van der Waals surface area (Å²) in [6, 6.07) is 9.16. The Labute approximate surface area is 124 Å². The molecule has 2 rings (SSSR count). The molecule has 0 bridgehead atoms. The molecule has 2 aromatic heterocycles. The van der Waals surface area contributed by atoms with Gasteiger partial charge >= 0.3 is 0 Å². The number of hydrogen-bond acceptors (Lipinski definition) is 3. The van der Waals surface area contributed by atoms with Crippen LogP contribution in [0.5, 0.6) is 0 Å². The summed E-state index contributed by atoms with van der Waals surface area (Å²) in [6.45, 7) is 4.33. The van der Waals surface area contributed by atoms with Crippen LogP contribution in [0.15, 0.2) is 36.5 Å². The van der Waals surface area contributed by atoms with Crippen LogP contribution >= 0.6 is 0 Å². The molecule has 1 amide bonds. The first kappa shape index (κ1) is 14.8. The van der Waals surface area contributed by atoms with Gasteiger partial charge in [-0.25, -0.2) is 4.98 Å². The summed E-state index contributed by atoms with van der Waals surface area (Å²) in [5.74, 6) is 5.86. The molecule has 3 N–H and O–H groups in total. The van der Waals surface area contributed by atoms with Gasteiger partial charge < -0.3 is 15.6 Å². The van der Waals surface area contributed by atoms with E-state index >= 15 is 0 Å². The lowest BCUT2D eigenvalue weighted by atomic mass is 10.3. The number of hydrogen-bond donors (Lipinski definition) is 2. The van der Waals surface area contributed by atoms with E-state index in [0.29, 0.717) is 17.2 Å². The molecule has 0 unspecified atom stereocenters. The van der Waals surface area contributed by atoms with Crippen molar-refractivity contribution in [1.29, 1.82) is 0 Å². The van der Waals surface area contributed by atoms with Crippen LogP contribution in [0.4, 0.5) is 5.82 Å². The maximum Gasteiger partial charge on any atom is 0.273 e. The number of carbonyl (C=O) groups excluding carboxylic acids is 1. The molecule has 21 heavy (non-hydrogen) atoms. The van der Waals surface area contributed by atoms with Crippen molar-refractivity contribution in [1.82, 2.24) is 9.55 Å². The summed E-state index contributed by atoms with van der Waals surface area (Å²) in [6.07, 6.45) is 1.89. The van der Waals surface area contributed by atoms with Crippen molar-refractivity contribution in [2.75, 3.05) is 11.9 Å². The Kier molecular flexibility index (Phi) is 4.75. The van der Waals surface area contributed by atoms with E-state index in [9.17, 15) is 4.79 Å². The van der Waals surface area contributed by atoms with Crippen LogP contribution in [-0.4, -0.2) is 22.0 Å². The largest absolute Gasteiger partial charge is 0.341 e. The molecule has 0 fully saturated rings. The van der Waals surface area contributed by atoms with E-state index in [1.54, 1.807) is 24.3 Å². The zero-order chi connectivity index (χ0) is 15.2. The van der Waals surface area contributed by atoms with Gasteiger partial charge in [-0.1, -0.05) is 12.0 Å². The molecular formula is C16H18N4O. The third-order valence-electron chi connectivity index (χ3n) is 2.88. The second kappa shape index (κ2) is 6.73. The molecule has 2 aromatic rings. The van der Waals surface area contributed by atoms with Gasteiger partial charge in [-0.15, -0.1) is 0 Å². The fourth-order valence-electron chi connectivity index (χ4n) is 1.93. The normalized spacial score (nSPS) is 10.1. The first-order valence-electron chi connectivity index (χ1n) is 6.76. The van der Waals surface area contributed by atoms with Crippen LogP contribution in [-0.2, 0) is 0 Å². The summed E-state index contributed by atoms with van der Waals surface area (Å²) in [4.78, 5) is 16.6. The van der Waals surface area contributed by atoms with Gasteiger partial charge in [0.1, 0.15) is 17.2 Å². The van der Waals surface area contributed by atoms with Crippen molar-refractivity contribution < 1.29 is 4.79 Å². The number of amides is 1. The van der Waals surface area contributed by atoms with Gasteiger partial charge in [0.05, 0.1) is 6.54 Å². The van der Waals surface area contributed by atoms with Crippen LogP contribution in [0.1, 0.15) is 36.1 Å². The van der Waals surface area contributed by atoms with Crippen molar-refractivity contribution in [2.45, 2.75) is 19.9 Å². The van der Waals surface area contributed by atoms with Crippen LogP contribution in [0, 0.1) is 11.8 Å². The highest BCUT2D eigenvalue weighted by Crippen LogP contribution is 2.13. The molecule has 0 radical (unpaired) electrons. The molecule has 0 spiro atoms. The smallest absolute Gasteiger partial charge is 0.273 e. The van der Waals surface area contributed by atoms with Crippen LogP contribution in [0.3, 0.4) is 0 Å². The average molecular weight is 282 g/mol. The maximum absolute atomic E-state index is 12.3. The Morgan fingerprint density at radius 1 is 1.38 bits per heavy atom. The van der Waals surface area contributed by atoms with Crippen molar-refractivity contribution in [3.05, 3.63) is 47.9 Å². The van der Waals surface area contributed by atoms with Gasteiger partial charge in [0, 0.05) is 12.2 Å². The predicted molar refractivity (Wildman–Crippen MR) is 82.9 cm³/mol. The minimum absolute atomic E-state index is 0.190. The Morgan fingerprint density at radius 3 is 2.90 bits per heavy atom. The van der Waals surface area contributed by atoms with E-state index in [2.05, 4.69) is 22.1 Å². The van der Waals surface area contributed by atoms with Crippen LogP contribution in [0.25, 0.3) is 0 Å². The molecule has 0 aromatic carbocycles. The van der Waals surface area contributed by atoms with E-state index in [1.807, 2.05) is 30.7 Å². The van der Waals surface area contributed by atoms with Gasteiger partial charge in [0.2, 0.25) is 0 Å². The third kappa shape index (κ3) is 3.71. The number of rotatable bonds is 3. The van der Waals surface area contributed by atoms with Crippen molar-refractivity contribution in [3.63, 3.8) is 0 Å². The maximum atomic E-state index is 12.3. The number of pyridine rings is 1. The third-order valence-corrected chi connectivity index (χ3v) is 2.88. The SMILES string of the molecule is CC(C)n1cccc1C(=O)Nc1cccc(C#CCN)n1. The lowest BCUT2D eigenvalue weighted by Gasteiger charge is -2.12. The van der Waals surface area contributed by atoms with Gasteiger partial charge in [-0.05, 0) is 44.0 Å². The number of nitrogens with one attached hydrogen (secondary N) is 1. The van der Waals surface area contributed by atoms with E-state index in [-0.39, 0.29) is 18.5 Å². The number of anilines is 1. The van der Waals surface area contributed by atoms with Crippen molar-refractivity contribution >= 4 is 11.7 Å². The summed E-state index contributed by atoms with van der Waals surface area (Å²) >= 11 is 0. The highest BCUT2D eigenvalue weighted by Gasteiger charge is 2.13. The number of carbonyl (C=O) groups is 1. The van der Waals surface area contributed by atoms with Crippen LogP contribution in [0.2, 0.25) is 0 Å². The molecule has 5 nitrogen and oxygen atoms in total. The zero-order valence-corrected chi connectivity index (χ0v) is 12.1. The molecule has 0 saturated heterocycles. The standard InChI is InChI=1S/C16H18N4O/c1-12(2)20-11-5-8-14(20)16(21)19-15-9-3-6-13(18-15)7-4-10-17/h3,5-6,8-9,11-12H,10,17H2,1-2H3,(H,18,19,21). The Bertz CT molecular complexity index is 692. The number of nitrogens with zero attached hydrogens (tertiary/aromatic N) is 2. The summed E-state index contributed by atoms with van der Waals surface area (Å²) in [5, 5.41) is 2.79. The molecule has 5 heteroatoms. The molecule has 2 heterocycles. The first-order chi connectivity index (χ1) is 10.1. The quantitative estimate of drug-likeness (QED) is 0.846. The molecule has 0 saturated carbocycles. The van der Waals surface area contributed by atoms with Gasteiger partial charge in [0.15, 0.2) is 0 Å². The van der Waals surface area contributed by atoms with Gasteiger partial charge in [-0.3, -0.25) is 4.79 Å². The highest BCUT2D eigenvalue weighted by atomic mass is 16.2. The van der Waals surface area contributed by atoms with E-state index < -0.39 is 0 Å². The van der Waals surface area contributed by atoms with Crippen molar-refractivity contribution in [3.8, 4) is 11.8 Å². The summed E-state index contributed by atoms with van der Waals surface area (Å²) < 4.78 is 1.91. The molecule has 0 aliphatic carbocycles. The summed E-state index contributed by atoms with van der Waals surface area (Å²) in [7, 11) is 0. The molecule has 0 aliphatic rings. The predicted octanol–water partition coefficient (Wildman–Crippen LogP) is 2.03. The summed E-state index contributed by atoms with van der Waals surface area (Å²) in [5.41, 5.74) is 6.51. The molecular weight excluding hydrogens is 264 g/mol. The van der Waals surface area contributed by atoms with Gasteiger partial charge in [0.25, 0.3) is 5.91 Å². The number of nitrogens with two attached hydrogens (primary N) is 1. The fourth-order valence-corrected chi connectivity index (χ4v) is 1.93. The Hall–Kier alpha value is -2.58. The Balaban J connectivity index is 2.18. The topological polar surface area (TPSA) is 72.9 Å². The Morgan fingerprint density at radius 2 is 2.19 bits per heavy atom. The lowest BCUT2D eigenvalue weighted by Crippen LogP contribution is -2.18. The van der Waals surface area contributed by atoms with E-state index in [4.69, 9.17) is 5.73 Å². The minimum Gasteiger partial charge on any atom is -0.341 e. The monoisotopic (exact) mass is 282 g/mol. The average Bonchev–Trinajstić information content (AvgIpc) is 2.95. The minimum atomic E-state index is -0.190. The fraction of sp³-hybridized carbons (Fsp3) is 0.250. The first-order valence-corrected chi connectivity index (χ1v) is 6.76. The lowest BCUT2D eigenvalue weighted by molar-refractivity contribution is 0.101. The molecule has 0 aliphatic heterocycles. The highest BCUT2D eigenvalue weighted by molar-refractivity contribution is 6.02. The molecule has 0 atom stereocenters. The second-order valence-electron chi connectivity index (χ2n) is 4.76. The number of aromatic nitrogens is 2. The second-order valence-corrected chi connectivity index (χ2v) is 4.76. The van der Waals surface area contributed by atoms with E-state index in [0.717, 1.165) is 0 Å². The van der Waals surface area contributed by atoms with Crippen molar-refractivity contribution in [2.24, 2.45) is 5.73 Å². The van der Waals surface area contributed by atoms with Gasteiger partial charge in [-0.2, -0.15) is 0 Å².